The van der Waals surface area contributed by atoms with Gasteiger partial charge in [0.15, 0.2) is 11.0 Å². The Morgan fingerprint density at radius 3 is 2.41 bits per heavy atom. The molecule has 0 unspecified atom stereocenters. The zero-order chi connectivity index (χ0) is 22.3. The normalized spacial score (nSPS) is 10.7. The molecule has 1 heterocycles. The Kier molecular flexibility index (Phi) is 6.87. The molecule has 0 bridgehead atoms. The van der Waals surface area contributed by atoms with Crippen LogP contribution in [0.4, 0.5) is 5.69 Å². The number of carbonyl (C=O) groups excluding carboxylic acids is 1. The molecule has 6 nitrogen and oxygen atoms in total. The number of aromatic nitrogens is 3. The zero-order valence-electron chi connectivity index (χ0n) is 18.0. The molecule has 1 amide bonds. The number of para-hydroxylation sites is 1. The summed E-state index contributed by atoms with van der Waals surface area (Å²) in [4.78, 5) is 12.7. The van der Waals surface area contributed by atoms with Gasteiger partial charge in [-0.1, -0.05) is 67.2 Å². The summed E-state index contributed by atoms with van der Waals surface area (Å²) in [5.41, 5.74) is 3.80. The van der Waals surface area contributed by atoms with E-state index in [9.17, 15) is 4.79 Å². The molecule has 0 aliphatic rings. The number of amides is 1. The van der Waals surface area contributed by atoms with E-state index in [0.29, 0.717) is 5.16 Å². The number of anilines is 1. The molecule has 0 saturated carbocycles. The van der Waals surface area contributed by atoms with Crippen LogP contribution in [0.3, 0.4) is 0 Å². The number of methoxy groups -OCH3 is 1. The molecule has 162 valence electrons. The maximum absolute atomic E-state index is 12.7. The number of ether oxygens (including phenoxy) is 1. The number of carbonyl (C=O) groups is 1. The van der Waals surface area contributed by atoms with Crippen LogP contribution in [0.25, 0.3) is 17.1 Å². The van der Waals surface area contributed by atoms with Crippen LogP contribution in [0.1, 0.15) is 12.5 Å². The Morgan fingerprint density at radius 2 is 1.69 bits per heavy atom. The van der Waals surface area contributed by atoms with Gasteiger partial charge < -0.3 is 10.1 Å². The number of thioether (sulfide) groups is 1. The summed E-state index contributed by atoms with van der Waals surface area (Å²) in [6.45, 7) is 2.07. The van der Waals surface area contributed by atoms with Crippen molar-refractivity contribution in [3.63, 3.8) is 0 Å². The topological polar surface area (TPSA) is 69.0 Å². The largest absolute Gasteiger partial charge is 0.497 e. The van der Waals surface area contributed by atoms with Crippen LogP contribution in [-0.4, -0.2) is 33.5 Å². The van der Waals surface area contributed by atoms with E-state index in [2.05, 4.69) is 22.4 Å². The summed E-state index contributed by atoms with van der Waals surface area (Å²) >= 11 is 1.35. The van der Waals surface area contributed by atoms with Crippen molar-refractivity contribution in [3.05, 3.63) is 84.4 Å². The molecule has 32 heavy (non-hydrogen) atoms. The Labute approximate surface area is 191 Å². The summed E-state index contributed by atoms with van der Waals surface area (Å²) in [6.07, 6.45) is 0.857. The number of nitrogens with one attached hydrogen (secondary N) is 1. The van der Waals surface area contributed by atoms with Crippen molar-refractivity contribution in [2.75, 3.05) is 18.2 Å². The first-order chi connectivity index (χ1) is 15.7. The van der Waals surface area contributed by atoms with Gasteiger partial charge in [0.25, 0.3) is 0 Å². The van der Waals surface area contributed by atoms with Gasteiger partial charge >= 0.3 is 0 Å². The van der Waals surface area contributed by atoms with Gasteiger partial charge in [-0.05, 0) is 42.3 Å². The van der Waals surface area contributed by atoms with Crippen molar-refractivity contribution in [1.29, 1.82) is 0 Å². The van der Waals surface area contributed by atoms with Gasteiger partial charge in [0, 0.05) is 16.9 Å². The molecule has 4 rings (SSSR count). The predicted octanol–water partition coefficient (Wildman–Crippen LogP) is 5.24. The quantitative estimate of drug-likeness (QED) is 0.377. The third-order valence-corrected chi connectivity index (χ3v) is 5.93. The third-order valence-electron chi connectivity index (χ3n) is 5.00. The number of aryl methyl sites for hydroxylation is 1. The minimum absolute atomic E-state index is 0.0820. The molecule has 1 aromatic heterocycles. The van der Waals surface area contributed by atoms with Crippen molar-refractivity contribution in [2.24, 2.45) is 0 Å². The van der Waals surface area contributed by atoms with Crippen LogP contribution in [0.15, 0.2) is 84.0 Å². The molecule has 0 spiro atoms. The highest BCUT2D eigenvalue weighted by molar-refractivity contribution is 7.99. The second-order valence-electron chi connectivity index (χ2n) is 7.05. The summed E-state index contributed by atoms with van der Waals surface area (Å²) in [5, 5.41) is 12.5. The van der Waals surface area contributed by atoms with Crippen molar-refractivity contribution in [2.45, 2.75) is 18.5 Å². The number of rotatable bonds is 8. The highest BCUT2D eigenvalue weighted by Gasteiger charge is 2.17. The van der Waals surface area contributed by atoms with Gasteiger partial charge in [-0.2, -0.15) is 0 Å². The Balaban J connectivity index is 1.59. The first-order valence-electron chi connectivity index (χ1n) is 10.4. The molecular formula is C25H24N4O2S. The van der Waals surface area contributed by atoms with Crippen LogP contribution in [0, 0.1) is 0 Å². The fraction of sp³-hybridized carbons (Fsp3) is 0.160. The van der Waals surface area contributed by atoms with Crippen LogP contribution < -0.4 is 10.1 Å². The lowest BCUT2D eigenvalue weighted by molar-refractivity contribution is -0.113. The first-order valence-corrected chi connectivity index (χ1v) is 11.3. The third kappa shape index (κ3) is 4.84. The predicted molar refractivity (Wildman–Crippen MR) is 129 cm³/mol. The van der Waals surface area contributed by atoms with Gasteiger partial charge in [0.2, 0.25) is 5.91 Å². The lowest BCUT2D eigenvalue weighted by Gasteiger charge is -2.12. The Morgan fingerprint density at radius 1 is 0.969 bits per heavy atom. The highest BCUT2D eigenvalue weighted by Crippen LogP contribution is 2.29. The van der Waals surface area contributed by atoms with E-state index < -0.39 is 0 Å². The van der Waals surface area contributed by atoms with Gasteiger partial charge in [-0.25, -0.2) is 0 Å². The molecule has 7 heteroatoms. The molecule has 3 aromatic carbocycles. The standard InChI is InChI=1S/C25H24N4O2S/c1-3-18-9-7-8-12-22(18)26-23(30)17-32-25-28-27-24(19-10-5-4-6-11-19)29(25)20-13-15-21(31-2)16-14-20/h4-16H,3,17H2,1-2H3,(H,26,30). The van der Waals surface area contributed by atoms with Crippen molar-refractivity contribution < 1.29 is 9.53 Å². The lowest BCUT2D eigenvalue weighted by Crippen LogP contribution is -2.15. The van der Waals surface area contributed by atoms with E-state index >= 15 is 0 Å². The molecule has 1 N–H and O–H groups in total. The van der Waals surface area contributed by atoms with E-state index in [1.54, 1.807) is 7.11 Å². The second-order valence-corrected chi connectivity index (χ2v) is 8.00. The smallest absolute Gasteiger partial charge is 0.234 e. The van der Waals surface area contributed by atoms with Crippen LogP contribution >= 0.6 is 11.8 Å². The number of hydrogen-bond donors (Lipinski definition) is 1. The van der Waals surface area contributed by atoms with E-state index in [1.165, 1.54) is 11.8 Å². The van der Waals surface area contributed by atoms with Crippen molar-refractivity contribution in [3.8, 4) is 22.8 Å². The molecule has 0 radical (unpaired) electrons. The molecule has 0 aliphatic carbocycles. The van der Waals surface area contributed by atoms with Crippen LogP contribution in [-0.2, 0) is 11.2 Å². The van der Waals surface area contributed by atoms with E-state index in [0.717, 1.165) is 40.5 Å². The maximum atomic E-state index is 12.7. The van der Waals surface area contributed by atoms with Crippen molar-refractivity contribution in [1.82, 2.24) is 14.8 Å². The van der Waals surface area contributed by atoms with E-state index in [1.807, 2.05) is 83.4 Å². The second kappa shape index (κ2) is 10.2. The van der Waals surface area contributed by atoms with Crippen molar-refractivity contribution >= 4 is 23.4 Å². The van der Waals surface area contributed by atoms with Gasteiger partial charge in [-0.15, -0.1) is 10.2 Å². The number of nitrogens with zero attached hydrogens (tertiary/aromatic N) is 3. The van der Waals surface area contributed by atoms with Crippen LogP contribution in [0.5, 0.6) is 5.75 Å². The molecule has 0 atom stereocenters. The van der Waals surface area contributed by atoms with E-state index in [4.69, 9.17) is 4.74 Å². The summed E-state index contributed by atoms with van der Waals surface area (Å²) in [6, 6.07) is 25.4. The van der Waals surface area contributed by atoms with Gasteiger partial charge in [-0.3, -0.25) is 9.36 Å². The number of benzene rings is 3. The Bertz CT molecular complexity index is 1190. The SMILES string of the molecule is CCc1ccccc1NC(=O)CSc1nnc(-c2ccccc2)n1-c1ccc(OC)cc1. The molecule has 0 saturated heterocycles. The monoisotopic (exact) mass is 444 g/mol. The summed E-state index contributed by atoms with van der Waals surface area (Å²) in [7, 11) is 1.64. The molecule has 4 aromatic rings. The number of hydrogen-bond acceptors (Lipinski definition) is 5. The molecule has 0 fully saturated rings. The fourth-order valence-corrected chi connectivity index (χ4v) is 4.12. The highest BCUT2D eigenvalue weighted by atomic mass is 32.2. The maximum Gasteiger partial charge on any atom is 0.234 e. The van der Waals surface area contributed by atoms with Gasteiger partial charge in [0.1, 0.15) is 5.75 Å². The summed E-state index contributed by atoms with van der Waals surface area (Å²) in [5.74, 6) is 1.63. The average molecular weight is 445 g/mol. The van der Waals surface area contributed by atoms with E-state index in [-0.39, 0.29) is 11.7 Å². The first kappa shape index (κ1) is 21.6. The average Bonchev–Trinajstić information content (AvgIpc) is 3.27. The zero-order valence-corrected chi connectivity index (χ0v) is 18.8. The lowest BCUT2D eigenvalue weighted by atomic mass is 10.1. The minimum Gasteiger partial charge on any atom is -0.497 e. The Hall–Kier alpha value is -3.58. The summed E-state index contributed by atoms with van der Waals surface area (Å²) < 4.78 is 7.25. The minimum atomic E-state index is -0.0820. The van der Waals surface area contributed by atoms with Crippen LogP contribution in [0.2, 0.25) is 0 Å². The molecular weight excluding hydrogens is 420 g/mol. The molecule has 0 aliphatic heterocycles. The fourth-order valence-electron chi connectivity index (χ4n) is 3.37. The van der Waals surface area contributed by atoms with Gasteiger partial charge in [0.05, 0.1) is 12.9 Å².